The van der Waals surface area contributed by atoms with Crippen molar-refractivity contribution in [1.82, 2.24) is 0 Å². The lowest BCUT2D eigenvalue weighted by molar-refractivity contribution is 0.101. The average Bonchev–Trinajstić information content (AvgIpc) is 2.75. The van der Waals surface area contributed by atoms with Crippen LogP contribution in [0.1, 0.15) is 15.9 Å². The Kier molecular flexibility index (Phi) is 3.53. The maximum absolute atomic E-state index is 12.7. The molecule has 2 aromatic carbocycles. The Morgan fingerprint density at radius 2 is 1.83 bits per heavy atom. The molecule has 2 aromatic rings. The predicted octanol–water partition coefficient (Wildman–Crippen LogP) is 1.67. The summed E-state index contributed by atoms with van der Waals surface area (Å²) in [6.45, 7) is 0. The van der Waals surface area contributed by atoms with Crippen LogP contribution in [0.3, 0.4) is 0 Å². The van der Waals surface area contributed by atoms with Gasteiger partial charge in [-0.1, -0.05) is 24.3 Å². The van der Waals surface area contributed by atoms with Crippen LogP contribution in [0.2, 0.25) is 0 Å². The highest BCUT2D eigenvalue weighted by molar-refractivity contribution is 7.93. The number of primary amides is 1. The molecule has 0 saturated carbocycles. The summed E-state index contributed by atoms with van der Waals surface area (Å²) in [4.78, 5) is 23.6. The lowest BCUT2D eigenvalue weighted by Crippen LogP contribution is -2.33. The molecule has 118 valence electrons. The predicted molar refractivity (Wildman–Crippen MR) is 85.5 cm³/mol. The van der Waals surface area contributed by atoms with E-state index in [0.29, 0.717) is 16.9 Å². The fourth-order valence-corrected chi connectivity index (χ4v) is 4.07. The highest BCUT2D eigenvalue weighted by Crippen LogP contribution is 2.34. The van der Waals surface area contributed by atoms with E-state index in [1.54, 1.807) is 30.3 Å². The average molecular weight is 331 g/mol. The van der Waals surface area contributed by atoms with E-state index in [4.69, 9.17) is 5.73 Å². The van der Waals surface area contributed by atoms with Crippen LogP contribution in [-0.2, 0) is 15.8 Å². The van der Waals surface area contributed by atoms with Gasteiger partial charge in [-0.15, -0.1) is 0 Å². The Morgan fingerprint density at radius 1 is 1.09 bits per heavy atom. The van der Waals surface area contributed by atoms with Gasteiger partial charge in [0.15, 0.2) is 0 Å². The van der Waals surface area contributed by atoms with E-state index in [0.717, 1.165) is 4.31 Å². The summed E-state index contributed by atoms with van der Waals surface area (Å²) in [5.74, 6) is -0.892. The highest BCUT2D eigenvalue weighted by Gasteiger charge is 2.38. The monoisotopic (exact) mass is 331 g/mol. The zero-order valence-electron chi connectivity index (χ0n) is 11.9. The molecule has 1 heterocycles. The first-order chi connectivity index (χ1) is 10.9. The van der Waals surface area contributed by atoms with Crippen molar-refractivity contribution in [3.8, 4) is 0 Å². The second kappa shape index (κ2) is 5.40. The van der Waals surface area contributed by atoms with E-state index in [1.807, 2.05) is 0 Å². The van der Waals surface area contributed by atoms with Crippen molar-refractivity contribution in [2.24, 2.45) is 5.73 Å². The molecule has 0 fully saturated rings. The number of fused-ring (bicyclic) bond motifs is 1. The molecule has 1 aliphatic rings. The summed E-state index contributed by atoms with van der Waals surface area (Å²) in [6.07, 6.45) is 0. The van der Waals surface area contributed by atoms with Gasteiger partial charge in [-0.05, 0) is 29.8 Å². The first-order valence-corrected chi connectivity index (χ1v) is 8.31. The SMILES string of the molecule is NC(=O)Nc1cccc(C(=O)N2c3ccccc3CS2(=O)=O)c1. The van der Waals surface area contributed by atoms with Crippen molar-refractivity contribution in [2.45, 2.75) is 5.75 Å². The maximum Gasteiger partial charge on any atom is 0.316 e. The molecule has 1 aliphatic heterocycles. The molecule has 3 amide bonds. The van der Waals surface area contributed by atoms with Crippen molar-refractivity contribution in [1.29, 1.82) is 0 Å². The smallest absolute Gasteiger partial charge is 0.316 e. The van der Waals surface area contributed by atoms with E-state index in [9.17, 15) is 18.0 Å². The molecule has 0 aromatic heterocycles. The van der Waals surface area contributed by atoms with Gasteiger partial charge in [0.05, 0.1) is 11.4 Å². The molecule has 0 spiro atoms. The number of amides is 3. The van der Waals surface area contributed by atoms with E-state index in [1.165, 1.54) is 18.2 Å². The number of carbonyl (C=O) groups excluding carboxylic acids is 2. The number of benzene rings is 2. The third kappa shape index (κ3) is 2.76. The van der Waals surface area contributed by atoms with Crippen molar-refractivity contribution in [2.75, 3.05) is 9.62 Å². The van der Waals surface area contributed by atoms with Gasteiger partial charge >= 0.3 is 6.03 Å². The first-order valence-electron chi connectivity index (χ1n) is 6.70. The first kappa shape index (κ1) is 15.0. The van der Waals surface area contributed by atoms with Crippen LogP contribution < -0.4 is 15.4 Å². The number of rotatable bonds is 2. The lowest BCUT2D eigenvalue weighted by atomic mass is 10.1. The van der Waals surface area contributed by atoms with E-state index < -0.39 is 22.0 Å². The number of sulfonamides is 1. The van der Waals surface area contributed by atoms with E-state index in [2.05, 4.69) is 5.32 Å². The Hall–Kier alpha value is -2.87. The normalized spacial score (nSPS) is 15.0. The number of nitrogens with two attached hydrogens (primary N) is 1. The number of hydrogen-bond acceptors (Lipinski definition) is 4. The molecular formula is C15H13N3O4S. The van der Waals surface area contributed by atoms with Crippen LogP contribution >= 0.6 is 0 Å². The summed E-state index contributed by atoms with van der Waals surface area (Å²) < 4.78 is 25.4. The van der Waals surface area contributed by atoms with Crippen LogP contribution in [0, 0.1) is 0 Å². The molecule has 3 N–H and O–H groups in total. The minimum atomic E-state index is -3.76. The summed E-state index contributed by atoms with van der Waals surface area (Å²) in [6, 6.07) is 11.8. The molecule has 3 rings (SSSR count). The van der Waals surface area contributed by atoms with Gasteiger partial charge < -0.3 is 11.1 Å². The molecule has 8 heteroatoms. The number of nitrogens with one attached hydrogen (secondary N) is 1. The standard InChI is InChI=1S/C15H13N3O4S/c16-15(20)17-12-6-3-5-10(8-12)14(19)18-13-7-2-1-4-11(13)9-23(18,21)22/h1-8H,9H2,(H3,16,17,20). The molecule has 0 radical (unpaired) electrons. The second-order valence-corrected chi connectivity index (χ2v) is 6.84. The number of anilines is 2. The van der Waals surface area contributed by atoms with Crippen molar-refractivity contribution in [3.63, 3.8) is 0 Å². The van der Waals surface area contributed by atoms with Gasteiger partial charge in [-0.25, -0.2) is 17.5 Å². The number of urea groups is 1. The largest absolute Gasteiger partial charge is 0.351 e. The summed E-state index contributed by atoms with van der Waals surface area (Å²) in [5.41, 5.74) is 6.42. The summed E-state index contributed by atoms with van der Waals surface area (Å²) in [5, 5.41) is 2.35. The molecule has 0 atom stereocenters. The second-order valence-electron chi connectivity index (χ2n) is 5.02. The van der Waals surface area contributed by atoms with Crippen molar-refractivity contribution in [3.05, 3.63) is 59.7 Å². The quantitative estimate of drug-likeness (QED) is 0.872. The number of hydrogen-bond donors (Lipinski definition) is 2. The summed E-state index contributed by atoms with van der Waals surface area (Å²) >= 11 is 0. The van der Waals surface area contributed by atoms with Gasteiger partial charge in [-0.3, -0.25) is 4.79 Å². The van der Waals surface area contributed by atoms with Gasteiger partial charge in [0.25, 0.3) is 5.91 Å². The van der Waals surface area contributed by atoms with E-state index >= 15 is 0 Å². The summed E-state index contributed by atoms with van der Waals surface area (Å²) in [7, 11) is -3.76. The Balaban J connectivity index is 2.02. The van der Waals surface area contributed by atoms with E-state index in [-0.39, 0.29) is 11.3 Å². The molecule has 23 heavy (non-hydrogen) atoms. The topological polar surface area (TPSA) is 110 Å². The van der Waals surface area contributed by atoms with Crippen LogP contribution in [-0.4, -0.2) is 20.4 Å². The minimum Gasteiger partial charge on any atom is -0.351 e. The molecule has 0 saturated heterocycles. The molecule has 0 aliphatic carbocycles. The highest BCUT2D eigenvalue weighted by atomic mass is 32.2. The number of nitrogens with zero attached hydrogens (tertiary/aromatic N) is 1. The zero-order valence-corrected chi connectivity index (χ0v) is 12.7. The van der Waals surface area contributed by atoms with Crippen LogP contribution in [0.15, 0.2) is 48.5 Å². The Morgan fingerprint density at radius 3 is 2.57 bits per heavy atom. The minimum absolute atomic E-state index is 0.136. The van der Waals surface area contributed by atoms with Gasteiger partial charge in [0.2, 0.25) is 10.0 Å². The van der Waals surface area contributed by atoms with Gasteiger partial charge in [0, 0.05) is 11.3 Å². The number of para-hydroxylation sites is 1. The van der Waals surface area contributed by atoms with Crippen LogP contribution in [0.5, 0.6) is 0 Å². The maximum atomic E-state index is 12.7. The molecule has 7 nitrogen and oxygen atoms in total. The van der Waals surface area contributed by atoms with Crippen molar-refractivity contribution < 1.29 is 18.0 Å². The van der Waals surface area contributed by atoms with Gasteiger partial charge in [-0.2, -0.15) is 0 Å². The molecular weight excluding hydrogens is 318 g/mol. The Labute approximate surface area is 132 Å². The Bertz CT molecular complexity index is 908. The van der Waals surface area contributed by atoms with Gasteiger partial charge in [0.1, 0.15) is 0 Å². The van der Waals surface area contributed by atoms with Crippen molar-refractivity contribution >= 4 is 33.3 Å². The fraction of sp³-hybridized carbons (Fsp3) is 0.0667. The fourth-order valence-electron chi connectivity index (χ4n) is 2.47. The third-order valence-corrected chi connectivity index (χ3v) is 4.98. The zero-order chi connectivity index (χ0) is 16.6. The van der Waals surface area contributed by atoms with Crippen LogP contribution in [0.25, 0.3) is 0 Å². The lowest BCUT2D eigenvalue weighted by Gasteiger charge is -2.16. The number of carbonyl (C=O) groups is 2. The molecule has 0 bridgehead atoms. The van der Waals surface area contributed by atoms with Crippen LogP contribution in [0.4, 0.5) is 16.2 Å². The molecule has 0 unspecified atom stereocenters. The third-order valence-electron chi connectivity index (χ3n) is 3.39.